The van der Waals surface area contributed by atoms with Gasteiger partial charge < -0.3 is 15.8 Å². The van der Waals surface area contributed by atoms with Gasteiger partial charge in [0.15, 0.2) is 0 Å². The first-order valence-corrected chi connectivity index (χ1v) is 6.62. The van der Waals surface area contributed by atoms with Crippen molar-refractivity contribution in [2.75, 3.05) is 19.7 Å². The largest absolute Gasteiger partial charge is 0.376 e. The van der Waals surface area contributed by atoms with Crippen molar-refractivity contribution in [1.29, 1.82) is 0 Å². The van der Waals surface area contributed by atoms with E-state index in [9.17, 15) is 4.79 Å². The van der Waals surface area contributed by atoms with E-state index in [1.165, 1.54) is 0 Å². The molecular formula is C13H26N2O2. The van der Waals surface area contributed by atoms with Crippen molar-refractivity contribution in [1.82, 2.24) is 5.32 Å². The van der Waals surface area contributed by atoms with Gasteiger partial charge in [0.2, 0.25) is 5.91 Å². The quantitative estimate of drug-likeness (QED) is 0.710. The molecule has 1 saturated heterocycles. The second-order valence-electron chi connectivity index (χ2n) is 5.64. The van der Waals surface area contributed by atoms with Crippen LogP contribution >= 0.6 is 0 Å². The summed E-state index contributed by atoms with van der Waals surface area (Å²) in [6, 6.07) is 0. The summed E-state index contributed by atoms with van der Waals surface area (Å²) in [7, 11) is 0. The van der Waals surface area contributed by atoms with Crippen LogP contribution in [0.2, 0.25) is 0 Å². The second kappa shape index (κ2) is 6.97. The van der Waals surface area contributed by atoms with Gasteiger partial charge >= 0.3 is 0 Å². The van der Waals surface area contributed by atoms with Gasteiger partial charge in [-0.05, 0) is 37.6 Å². The fraction of sp³-hybridized carbons (Fsp3) is 0.923. The lowest BCUT2D eigenvalue weighted by atomic mass is 9.84. The third kappa shape index (κ3) is 6.03. The van der Waals surface area contributed by atoms with Gasteiger partial charge in [0.25, 0.3) is 0 Å². The minimum atomic E-state index is 0.130. The highest BCUT2D eigenvalue weighted by atomic mass is 16.5. The van der Waals surface area contributed by atoms with E-state index in [-0.39, 0.29) is 17.4 Å². The molecule has 0 aromatic heterocycles. The fourth-order valence-electron chi connectivity index (χ4n) is 2.09. The van der Waals surface area contributed by atoms with Crippen molar-refractivity contribution < 1.29 is 9.53 Å². The van der Waals surface area contributed by atoms with Gasteiger partial charge in [-0.3, -0.25) is 4.79 Å². The van der Waals surface area contributed by atoms with Crippen molar-refractivity contribution in [3.63, 3.8) is 0 Å². The number of nitrogens with one attached hydrogen (secondary N) is 1. The van der Waals surface area contributed by atoms with Crippen LogP contribution < -0.4 is 11.1 Å². The Morgan fingerprint density at radius 3 is 2.82 bits per heavy atom. The Hall–Kier alpha value is -0.610. The van der Waals surface area contributed by atoms with E-state index in [0.29, 0.717) is 19.5 Å². The van der Waals surface area contributed by atoms with Crippen LogP contribution in [0, 0.1) is 5.41 Å². The maximum absolute atomic E-state index is 11.7. The van der Waals surface area contributed by atoms with Gasteiger partial charge in [-0.25, -0.2) is 0 Å². The Kier molecular flexibility index (Phi) is 5.92. The zero-order valence-corrected chi connectivity index (χ0v) is 11.1. The summed E-state index contributed by atoms with van der Waals surface area (Å²) in [5, 5.41) is 2.94. The zero-order valence-electron chi connectivity index (χ0n) is 11.1. The Morgan fingerprint density at radius 2 is 2.24 bits per heavy atom. The van der Waals surface area contributed by atoms with Crippen molar-refractivity contribution >= 4 is 5.91 Å². The van der Waals surface area contributed by atoms with Crippen LogP contribution in [0.3, 0.4) is 0 Å². The molecule has 1 fully saturated rings. The van der Waals surface area contributed by atoms with Gasteiger partial charge in [0, 0.05) is 19.6 Å². The molecule has 0 saturated carbocycles. The minimum absolute atomic E-state index is 0.130. The lowest BCUT2D eigenvalue weighted by molar-refractivity contribution is -0.122. The predicted octanol–water partition coefficient (Wildman–Crippen LogP) is 1.44. The summed E-state index contributed by atoms with van der Waals surface area (Å²) < 4.78 is 5.46. The zero-order chi connectivity index (χ0) is 12.7. The van der Waals surface area contributed by atoms with Gasteiger partial charge in [0.05, 0.1) is 6.10 Å². The van der Waals surface area contributed by atoms with E-state index in [4.69, 9.17) is 10.5 Å². The van der Waals surface area contributed by atoms with Crippen molar-refractivity contribution in [3.05, 3.63) is 0 Å². The van der Waals surface area contributed by atoms with Crippen LogP contribution in [-0.4, -0.2) is 31.7 Å². The molecule has 0 aromatic carbocycles. The van der Waals surface area contributed by atoms with E-state index < -0.39 is 0 Å². The molecule has 1 heterocycles. The summed E-state index contributed by atoms with van der Waals surface area (Å²) in [6.45, 7) is 6.51. The van der Waals surface area contributed by atoms with Crippen molar-refractivity contribution in [2.24, 2.45) is 11.1 Å². The molecule has 1 atom stereocenters. The molecule has 1 aliphatic rings. The maximum atomic E-state index is 11.7. The monoisotopic (exact) mass is 242 g/mol. The summed E-state index contributed by atoms with van der Waals surface area (Å²) in [6.07, 6.45) is 4.85. The average molecular weight is 242 g/mol. The molecule has 1 rings (SSSR count). The third-order valence-electron chi connectivity index (χ3n) is 3.40. The van der Waals surface area contributed by atoms with E-state index in [1.54, 1.807) is 0 Å². The Labute approximate surface area is 104 Å². The maximum Gasteiger partial charge on any atom is 0.220 e. The molecule has 0 radical (unpaired) electrons. The van der Waals surface area contributed by atoms with Gasteiger partial charge in [-0.1, -0.05) is 13.8 Å². The number of nitrogens with two attached hydrogens (primary N) is 1. The number of carbonyl (C=O) groups is 1. The van der Waals surface area contributed by atoms with E-state index in [2.05, 4.69) is 19.2 Å². The first-order chi connectivity index (χ1) is 8.03. The number of hydrogen-bond acceptors (Lipinski definition) is 3. The lowest BCUT2D eigenvalue weighted by Crippen LogP contribution is -2.32. The Bertz CT molecular complexity index is 236. The van der Waals surface area contributed by atoms with Crippen LogP contribution in [0.1, 0.15) is 46.0 Å². The molecular weight excluding hydrogens is 216 g/mol. The standard InChI is InChI=1S/C13H26N2O2/c1-13(2,7-8-14)6-5-12(16)15-10-11-4-3-9-17-11/h11H,3-10,14H2,1-2H3,(H,15,16). The first-order valence-electron chi connectivity index (χ1n) is 6.62. The summed E-state index contributed by atoms with van der Waals surface area (Å²) in [5.41, 5.74) is 5.71. The molecule has 0 bridgehead atoms. The van der Waals surface area contributed by atoms with Crippen molar-refractivity contribution in [3.8, 4) is 0 Å². The smallest absolute Gasteiger partial charge is 0.220 e. The number of amides is 1. The second-order valence-corrected chi connectivity index (χ2v) is 5.64. The normalized spacial score (nSPS) is 20.5. The number of rotatable bonds is 7. The highest BCUT2D eigenvalue weighted by Crippen LogP contribution is 2.25. The Balaban J connectivity index is 2.11. The summed E-state index contributed by atoms with van der Waals surface area (Å²) in [5.74, 6) is 0.130. The van der Waals surface area contributed by atoms with E-state index in [0.717, 1.165) is 32.3 Å². The predicted molar refractivity (Wildman–Crippen MR) is 68.7 cm³/mol. The molecule has 1 amide bonds. The summed E-state index contributed by atoms with van der Waals surface area (Å²) in [4.78, 5) is 11.7. The van der Waals surface area contributed by atoms with E-state index >= 15 is 0 Å². The Morgan fingerprint density at radius 1 is 1.47 bits per heavy atom. The number of hydrogen-bond donors (Lipinski definition) is 2. The van der Waals surface area contributed by atoms with Crippen LogP contribution in [0.15, 0.2) is 0 Å². The molecule has 100 valence electrons. The molecule has 0 aromatic rings. The SMILES string of the molecule is CC(C)(CCN)CCC(=O)NCC1CCCO1. The minimum Gasteiger partial charge on any atom is -0.376 e. The molecule has 17 heavy (non-hydrogen) atoms. The molecule has 0 aliphatic carbocycles. The summed E-state index contributed by atoms with van der Waals surface area (Å²) >= 11 is 0. The third-order valence-corrected chi connectivity index (χ3v) is 3.40. The molecule has 0 spiro atoms. The van der Waals surface area contributed by atoms with Crippen LogP contribution in [0.5, 0.6) is 0 Å². The van der Waals surface area contributed by atoms with Crippen LogP contribution in [0.25, 0.3) is 0 Å². The van der Waals surface area contributed by atoms with E-state index in [1.807, 2.05) is 0 Å². The molecule has 1 aliphatic heterocycles. The average Bonchev–Trinajstić information content (AvgIpc) is 2.76. The van der Waals surface area contributed by atoms with Crippen LogP contribution in [-0.2, 0) is 9.53 Å². The number of ether oxygens (including phenoxy) is 1. The first kappa shape index (κ1) is 14.5. The van der Waals surface area contributed by atoms with Gasteiger partial charge in [0.1, 0.15) is 0 Å². The topological polar surface area (TPSA) is 64.4 Å². The highest BCUT2D eigenvalue weighted by molar-refractivity contribution is 5.75. The number of carbonyl (C=O) groups excluding carboxylic acids is 1. The van der Waals surface area contributed by atoms with Gasteiger partial charge in [-0.15, -0.1) is 0 Å². The van der Waals surface area contributed by atoms with Gasteiger partial charge in [-0.2, -0.15) is 0 Å². The fourth-order valence-corrected chi connectivity index (χ4v) is 2.09. The highest BCUT2D eigenvalue weighted by Gasteiger charge is 2.19. The van der Waals surface area contributed by atoms with Crippen molar-refractivity contribution in [2.45, 2.75) is 52.1 Å². The molecule has 4 heteroatoms. The molecule has 4 nitrogen and oxygen atoms in total. The lowest BCUT2D eigenvalue weighted by Gasteiger charge is -2.23. The van der Waals surface area contributed by atoms with Crippen LogP contribution in [0.4, 0.5) is 0 Å². The molecule has 1 unspecified atom stereocenters. The molecule has 3 N–H and O–H groups in total.